The summed E-state index contributed by atoms with van der Waals surface area (Å²) in [6.07, 6.45) is 3.56. The highest BCUT2D eigenvalue weighted by Crippen LogP contribution is 2.24. The van der Waals surface area contributed by atoms with E-state index in [1.807, 2.05) is 41.5 Å². The van der Waals surface area contributed by atoms with Crippen molar-refractivity contribution in [2.24, 2.45) is 46.2 Å². The maximum absolute atomic E-state index is 15.1. The van der Waals surface area contributed by atoms with Gasteiger partial charge in [0.05, 0.1) is 19.2 Å². The number of aliphatic hydroxyl groups excluding tert-OH is 1. The van der Waals surface area contributed by atoms with Crippen LogP contribution in [-0.2, 0) is 52.7 Å². The van der Waals surface area contributed by atoms with Gasteiger partial charge < -0.3 is 71.7 Å². The number of allylic oxidation sites excluding steroid dienone is 2. The van der Waals surface area contributed by atoms with Crippen molar-refractivity contribution in [2.45, 2.75) is 209 Å². The molecule has 11 atom stereocenters. The minimum absolute atomic E-state index is 0.0299. The third-order valence-corrected chi connectivity index (χ3v) is 16.3. The Morgan fingerprint density at radius 2 is 1.02 bits per heavy atom. The molecule has 1 rings (SSSR count). The van der Waals surface area contributed by atoms with Crippen LogP contribution in [0.15, 0.2) is 17.1 Å². The number of amides is 11. The van der Waals surface area contributed by atoms with E-state index in [-0.39, 0.29) is 68.8 Å². The van der Waals surface area contributed by atoms with Crippen LogP contribution in [0.4, 0.5) is 0 Å². The lowest BCUT2D eigenvalue weighted by Crippen LogP contribution is -2.63. The summed E-state index contributed by atoms with van der Waals surface area (Å²) < 4.78 is 0. The van der Waals surface area contributed by atoms with Gasteiger partial charge in [-0.3, -0.25) is 57.7 Å². The molecule has 0 aliphatic carbocycles. The third kappa shape index (κ3) is 24.1. The van der Waals surface area contributed by atoms with Crippen LogP contribution in [0.25, 0.3) is 0 Å². The second kappa shape index (κ2) is 38.0. The van der Waals surface area contributed by atoms with E-state index >= 15 is 9.59 Å². The summed E-state index contributed by atoms with van der Waals surface area (Å²) in [5, 5.41) is 26.2. The fraction of sp³-hybridized carbons (Fsp3) is 0.778. The maximum Gasteiger partial charge on any atom is 0.246 e. The van der Waals surface area contributed by atoms with E-state index < -0.39 is 156 Å². The topological polar surface area (TPSA) is 329 Å². The highest BCUT2D eigenvalue weighted by atomic mass is 16.3. The summed E-state index contributed by atoms with van der Waals surface area (Å²) in [5.41, 5.74) is 5.86. The lowest BCUT2D eigenvalue weighted by atomic mass is 9.91. The quantitative estimate of drug-likeness (QED) is 0.0443. The number of hydrogen-bond donors (Lipinski definition) is 7. The lowest BCUT2D eigenvalue weighted by Gasteiger charge is -2.41. The molecule has 508 valence electrons. The number of aliphatic hydroxyl groups is 1. The summed E-state index contributed by atoms with van der Waals surface area (Å²) in [7, 11) is 11.3. The van der Waals surface area contributed by atoms with Crippen molar-refractivity contribution in [3.8, 4) is 0 Å². The third-order valence-electron chi connectivity index (χ3n) is 16.3. The van der Waals surface area contributed by atoms with Crippen LogP contribution >= 0.6 is 0 Å². The first-order valence-corrected chi connectivity index (χ1v) is 31.6. The number of nitrogens with zero attached hydrogens (tertiary/aromatic N) is 8. The second-order valence-corrected chi connectivity index (χ2v) is 26.1. The van der Waals surface area contributed by atoms with Gasteiger partial charge in [-0.15, -0.1) is 0 Å². The Bertz CT molecular complexity index is 2450. The van der Waals surface area contributed by atoms with Gasteiger partial charge in [-0.1, -0.05) is 102 Å². The number of carbonyl (C=O) groups is 11. The fourth-order valence-electron chi connectivity index (χ4n) is 10.8. The Morgan fingerprint density at radius 1 is 0.573 bits per heavy atom. The predicted octanol–water partition coefficient (Wildman–Crippen LogP) is 1.54. The Hall–Kier alpha value is -6.86. The van der Waals surface area contributed by atoms with Crippen molar-refractivity contribution in [1.82, 2.24) is 60.9 Å². The minimum atomic E-state index is -1.62. The van der Waals surface area contributed by atoms with Crippen molar-refractivity contribution in [3.05, 3.63) is 12.2 Å². The number of nitrogens with one attached hydrogen (secondary N) is 5. The van der Waals surface area contributed by atoms with Crippen LogP contribution < -0.4 is 32.3 Å². The van der Waals surface area contributed by atoms with E-state index in [1.165, 1.54) is 82.9 Å². The molecule has 11 amide bonds. The molecule has 1 fully saturated rings. The summed E-state index contributed by atoms with van der Waals surface area (Å²) >= 11 is 0. The van der Waals surface area contributed by atoms with Crippen molar-refractivity contribution < 1.29 is 57.8 Å². The van der Waals surface area contributed by atoms with E-state index in [4.69, 9.17) is 5.73 Å². The molecular weight excluding hydrogens is 1140 g/mol. The molecule has 1 saturated heterocycles. The van der Waals surface area contributed by atoms with Crippen LogP contribution in [0.3, 0.4) is 0 Å². The lowest BCUT2D eigenvalue weighted by molar-refractivity contribution is -0.156. The average Bonchev–Trinajstić information content (AvgIpc) is 1.74. The van der Waals surface area contributed by atoms with Crippen LogP contribution in [0.1, 0.15) is 148 Å². The van der Waals surface area contributed by atoms with Crippen molar-refractivity contribution in [2.75, 3.05) is 76.0 Å². The molecule has 1 aliphatic heterocycles. The number of carbonyl (C=O) groups excluding carboxylic acids is 11. The van der Waals surface area contributed by atoms with Gasteiger partial charge in [0, 0.05) is 62.9 Å². The molecule has 8 N–H and O–H groups in total. The highest BCUT2D eigenvalue weighted by Gasteiger charge is 2.45. The smallest absolute Gasteiger partial charge is 0.246 e. The molecule has 0 aromatic heterocycles. The molecule has 0 bridgehead atoms. The molecule has 2 unspecified atom stereocenters. The van der Waals surface area contributed by atoms with Crippen LogP contribution in [0.5, 0.6) is 0 Å². The van der Waals surface area contributed by atoms with Crippen LogP contribution in [-0.4, -0.2) is 247 Å². The summed E-state index contributed by atoms with van der Waals surface area (Å²) in [6.45, 7) is 23.9. The summed E-state index contributed by atoms with van der Waals surface area (Å²) in [5.74, 6) is -9.72. The molecule has 26 nitrogen and oxygen atoms in total. The van der Waals surface area contributed by atoms with Gasteiger partial charge in [-0.05, 0) is 94.3 Å². The van der Waals surface area contributed by atoms with Gasteiger partial charge in [0.2, 0.25) is 65.0 Å². The zero-order chi connectivity index (χ0) is 68.6. The maximum atomic E-state index is 15.1. The zero-order valence-corrected chi connectivity index (χ0v) is 57.8. The monoisotopic (exact) mass is 1260 g/mol. The largest absolute Gasteiger partial charge is 0.390 e. The Labute approximate surface area is 531 Å². The fourth-order valence-corrected chi connectivity index (χ4v) is 10.8. The van der Waals surface area contributed by atoms with E-state index in [0.29, 0.717) is 12.8 Å². The molecular formula is C63H114N14O12. The number of hydrogen-bond acceptors (Lipinski definition) is 13. The molecule has 89 heavy (non-hydrogen) atoms. The Kier molecular flexibility index (Phi) is 34.2. The molecule has 0 spiro atoms. The van der Waals surface area contributed by atoms with Crippen LogP contribution in [0, 0.1) is 35.5 Å². The molecule has 0 saturated carbocycles. The summed E-state index contributed by atoms with van der Waals surface area (Å²) in [6, 6.07) is -11.4. The van der Waals surface area contributed by atoms with Gasteiger partial charge >= 0.3 is 0 Å². The van der Waals surface area contributed by atoms with Gasteiger partial charge in [0.25, 0.3) is 0 Å². The van der Waals surface area contributed by atoms with Crippen molar-refractivity contribution in [3.63, 3.8) is 0 Å². The molecule has 0 aromatic rings. The van der Waals surface area contributed by atoms with Crippen molar-refractivity contribution >= 4 is 70.9 Å². The first kappa shape index (κ1) is 80.2. The van der Waals surface area contributed by atoms with Gasteiger partial charge in [0.1, 0.15) is 54.4 Å². The number of aliphatic imine (C=N–C) groups is 1. The Balaban J connectivity index is 4.34. The number of guanidine groups is 1. The van der Waals surface area contributed by atoms with Gasteiger partial charge in [0.15, 0.2) is 5.96 Å². The normalized spacial score (nSPS) is 25.5. The summed E-state index contributed by atoms with van der Waals surface area (Å²) in [4.78, 5) is 173. The number of rotatable bonds is 18. The average molecular weight is 1260 g/mol. The van der Waals surface area contributed by atoms with E-state index in [2.05, 4.69) is 31.6 Å². The number of nitrogens with two attached hydrogens (primary N) is 1. The molecule has 1 heterocycles. The molecule has 0 radical (unpaired) electrons. The predicted molar refractivity (Wildman–Crippen MR) is 344 cm³/mol. The van der Waals surface area contributed by atoms with Crippen molar-refractivity contribution in [1.29, 1.82) is 0 Å². The minimum Gasteiger partial charge on any atom is -0.390 e. The molecule has 0 aromatic carbocycles. The van der Waals surface area contributed by atoms with E-state index in [0.717, 1.165) is 14.7 Å². The van der Waals surface area contributed by atoms with E-state index in [1.54, 1.807) is 60.6 Å². The first-order chi connectivity index (χ1) is 41.3. The first-order valence-electron chi connectivity index (χ1n) is 31.6. The van der Waals surface area contributed by atoms with Gasteiger partial charge in [-0.25, -0.2) is 0 Å². The molecule has 26 heteroatoms. The Morgan fingerprint density at radius 3 is 1.48 bits per heavy atom. The van der Waals surface area contributed by atoms with Crippen LogP contribution in [0.2, 0.25) is 0 Å². The zero-order valence-electron chi connectivity index (χ0n) is 57.8. The SMILES string of the molecule is C/C=C/C[C@@H](C)[C@@H](O)C1C(=O)N[C@H](CCC)C(=O)N(C)CC(=O)N(C)[C@@H](CC(C)C)C(=O)N[C@H](C(C)C)C(=O)N(C)[C@@H](CC(C)C)C(=O)N[C@H](C)C(=O)NC(CCCNC(N)=NC)C(=O)N(C)CC(=O)N(C)[C@@H](CC(C)C)C(=O)N(C)[C@H](C(C)C)C(=O)N1C. The second-order valence-electron chi connectivity index (χ2n) is 26.1. The standard InChI is InChI=1S/C63H114N14O12/c1-23-25-28-41(13)53(80)52-57(84)69-43(27-24-2)58(85)71(16)34-48(78)73(18)45(31-36(3)4)56(83)70-50(39(9)10)61(88)75(20)46(32-37(5)6)55(82)67-42(14)54(81)68-44(29-26-30-66-63(64)65-15)59(86)72(17)35-49(79)74(19)47(33-38(7)8)60(87)76(21)51(40(11)12)62(89)77(52)22/h23,25,36-47,50-53,80H,24,26-35H2,1-22H3,(H,67,82)(H,68,81)(H,69,84)(H,70,83)(H3,64,65,66)/b25-23+/t41-,42-,43-,44?,45+,46+,47+,50-,51-,52?,53-/m1/s1. The molecule has 1 aliphatic rings. The van der Waals surface area contributed by atoms with E-state index in [9.17, 15) is 48.3 Å². The number of likely N-dealkylation sites (N-methyl/N-ethyl adjacent to an activating group) is 7. The van der Waals surface area contributed by atoms with Gasteiger partial charge in [-0.2, -0.15) is 0 Å². The highest BCUT2D eigenvalue weighted by molar-refractivity contribution is 5.99.